The molecule has 6 nitrogen and oxygen atoms in total. The van der Waals surface area contributed by atoms with Crippen LogP contribution in [-0.2, 0) is 6.42 Å². The Labute approximate surface area is 105 Å². The van der Waals surface area contributed by atoms with E-state index in [-0.39, 0.29) is 11.8 Å². The van der Waals surface area contributed by atoms with Crippen LogP contribution in [0.1, 0.15) is 23.7 Å². The molecule has 2 amide bonds. The number of carbonyl (C=O) groups is 1. The number of urea groups is 1. The molecule has 1 aromatic carbocycles. The van der Waals surface area contributed by atoms with Gasteiger partial charge in [-0.2, -0.15) is 0 Å². The van der Waals surface area contributed by atoms with Gasteiger partial charge in [-0.15, -0.1) is 0 Å². The summed E-state index contributed by atoms with van der Waals surface area (Å²) in [6.07, 6.45) is 0.719. The topological polar surface area (TPSA) is 108 Å². The Morgan fingerprint density at radius 2 is 2.22 bits per heavy atom. The maximum Gasteiger partial charge on any atom is 0.316 e. The number of amides is 2. The Morgan fingerprint density at radius 1 is 1.50 bits per heavy atom. The fourth-order valence-corrected chi connectivity index (χ4v) is 2.44. The number of phenolic OH excluding ortho intramolecular Hbond substituents is 1. The Kier molecular flexibility index (Phi) is 3.40. The van der Waals surface area contributed by atoms with Gasteiger partial charge in [-0.25, -0.2) is 4.79 Å². The standard InChI is InChI=1S/C12H17N3O3/c1-14-8-4-2-6-7(11(8)17)3-5-9(16)10(6)15-12(13)18/h3,5,8,11,14,16-17H,2,4H2,1H3,(H3,13,15,18). The van der Waals surface area contributed by atoms with Gasteiger partial charge in [-0.05, 0) is 37.1 Å². The van der Waals surface area contributed by atoms with Crippen molar-refractivity contribution in [1.82, 2.24) is 5.32 Å². The number of anilines is 1. The van der Waals surface area contributed by atoms with Crippen LogP contribution in [0.4, 0.5) is 10.5 Å². The lowest BCUT2D eigenvalue weighted by Crippen LogP contribution is -2.36. The Bertz CT molecular complexity index is 476. The number of primary amides is 1. The zero-order valence-corrected chi connectivity index (χ0v) is 10.1. The minimum absolute atomic E-state index is 0.0246. The fourth-order valence-electron chi connectivity index (χ4n) is 2.44. The molecule has 2 unspecified atom stereocenters. The molecule has 0 aromatic heterocycles. The van der Waals surface area contributed by atoms with Crippen molar-refractivity contribution in [3.63, 3.8) is 0 Å². The van der Waals surface area contributed by atoms with E-state index in [9.17, 15) is 15.0 Å². The number of rotatable bonds is 2. The van der Waals surface area contributed by atoms with Crippen molar-refractivity contribution in [3.8, 4) is 5.75 Å². The second kappa shape index (κ2) is 4.83. The minimum Gasteiger partial charge on any atom is -0.506 e. The van der Waals surface area contributed by atoms with E-state index in [1.165, 1.54) is 6.07 Å². The Hall–Kier alpha value is -1.79. The predicted octanol–water partition coefficient (Wildman–Crippen LogP) is 0.450. The van der Waals surface area contributed by atoms with Crippen LogP contribution in [-0.4, -0.2) is 29.3 Å². The molecule has 2 atom stereocenters. The van der Waals surface area contributed by atoms with Gasteiger partial charge >= 0.3 is 6.03 Å². The number of hydrogen-bond donors (Lipinski definition) is 5. The highest BCUT2D eigenvalue weighted by Gasteiger charge is 2.29. The van der Waals surface area contributed by atoms with Crippen LogP contribution in [0, 0.1) is 0 Å². The molecule has 18 heavy (non-hydrogen) atoms. The molecule has 98 valence electrons. The second-order valence-corrected chi connectivity index (χ2v) is 4.40. The molecule has 1 aliphatic carbocycles. The first kappa shape index (κ1) is 12.7. The van der Waals surface area contributed by atoms with Crippen LogP contribution in [0.3, 0.4) is 0 Å². The van der Waals surface area contributed by atoms with E-state index < -0.39 is 12.1 Å². The molecule has 0 aliphatic heterocycles. The van der Waals surface area contributed by atoms with Gasteiger partial charge in [0.1, 0.15) is 5.75 Å². The van der Waals surface area contributed by atoms with E-state index in [2.05, 4.69) is 10.6 Å². The van der Waals surface area contributed by atoms with Crippen molar-refractivity contribution < 1.29 is 15.0 Å². The van der Waals surface area contributed by atoms with Gasteiger partial charge < -0.3 is 26.6 Å². The number of fused-ring (bicyclic) bond motifs is 1. The number of likely N-dealkylation sites (N-methyl/N-ethyl adjacent to an activating group) is 1. The molecular formula is C12H17N3O3. The van der Waals surface area contributed by atoms with Gasteiger partial charge in [0.25, 0.3) is 0 Å². The van der Waals surface area contributed by atoms with Crippen molar-refractivity contribution in [3.05, 3.63) is 23.3 Å². The zero-order chi connectivity index (χ0) is 13.3. The van der Waals surface area contributed by atoms with Crippen molar-refractivity contribution in [2.45, 2.75) is 25.0 Å². The number of aliphatic hydroxyl groups is 1. The highest BCUT2D eigenvalue weighted by Crippen LogP contribution is 2.38. The average molecular weight is 251 g/mol. The first-order valence-electron chi connectivity index (χ1n) is 5.81. The maximum atomic E-state index is 10.9. The van der Waals surface area contributed by atoms with Crippen LogP contribution in [0.25, 0.3) is 0 Å². The molecule has 6 N–H and O–H groups in total. The summed E-state index contributed by atoms with van der Waals surface area (Å²) in [5.41, 5.74) is 6.83. The summed E-state index contributed by atoms with van der Waals surface area (Å²) < 4.78 is 0. The lowest BCUT2D eigenvalue weighted by atomic mass is 9.84. The van der Waals surface area contributed by atoms with Crippen molar-refractivity contribution in [2.75, 3.05) is 12.4 Å². The van der Waals surface area contributed by atoms with Gasteiger partial charge in [0.2, 0.25) is 0 Å². The molecule has 0 saturated carbocycles. The molecule has 0 radical (unpaired) electrons. The molecular weight excluding hydrogens is 234 g/mol. The molecule has 0 spiro atoms. The number of phenols is 1. The fraction of sp³-hybridized carbons (Fsp3) is 0.417. The minimum atomic E-state index is -0.732. The van der Waals surface area contributed by atoms with Crippen LogP contribution < -0.4 is 16.4 Å². The molecule has 1 aromatic rings. The highest BCUT2D eigenvalue weighted by atomic mass is 16.3. The van der Waals surface area contributed by atoms with Gasteiger partial charge in [0.15, 0.2) is 0 Å². The molecule has 0 fully saturated rings. The summed E-state index contributed by atoms with van der Waals surface area (Å²) >= 11 is 0. The first-order valence-corrected chi connectivity index (χ1v) is 5.81. The molecule has 6 heteroatoms. The molecule has 2 rings (SSSR count). The average Bonchev–Trinajstić information content (AvgIpc) is 2.33. The number of benzene rings is 1. The lowest BCUT2D eigenvalue weighted by Gasteiger charge is -2.31. The number of aliphatic hydroxyl groups excluding tert-OH is 1. The van der Waals surface area contributed by atoms with E-state index in [1.807, 2.05) is 0 Å². The first-order chi connectivity index (χ1) is 8.54. The number of carbonyl (C=O) groups excluding carboxylic acids is 1. The maximum absolute atomic E-state index is 10.9. The third-order valence-electron chi connectivity index (χ3n) is 3.35. The van der Waals surface area contributed by atoms with E-state index in [0.717, 1.165) is 12.0 Å². The van der Waals surface area contributed by atoms with E-state index >= 15 is 0 Å². The van der Waals surface area contributed by atoms with Crippen molar-refractivity contribution in [1.29, 1.82) is 0 Å². The number of nitrogens with two attached hydrogens (primary N) is 1. The van der Waals surface area contributed by atoms with E-state index in [4.69, 9.17) is 5.73 Å². The van der Waals surface area contributed by atoms with E-state index in [0.29, 0.717) is 17.7 Å². The van der Waals surface area contributed by atoms with Gasteiger partial charge in [0.05, 0.1) is 11.8 Å². The SMILES string of the molecule is CNC1CCc2c(ccc(O)c2NC(N)=O)C1O. The zero-order valence-electron chi connectivity index (χ0n) is 10.1. The number of hydrogen-bond acceptors (Lipinski definition) is 4. The molecule has 1 aliphatic rings. The molecule has 0 saturated heterocycles. The van der Waals surface area contributed by atoms with Crippen LogP contribution in [0.15, 0.2) is 12.1 Å². The Balaban J connectivity index is 2.45. The third-order valence-corrected chi connectivity index (χ3v) is 3.35. The van der Waals surface area contributed by atoms with E-state index in [1.54, 1.807) is 13.1 Å². The summed E-state index contributed by atoms with van der Waals surface area (Å²) in [6.45, 7) is 0. The quantitative estimate of drug-likeness (QED) is 0.492. The van der Waals surface area contributed by atoms with Gasteiger partial charge in [0, 0.05) is 6.04 Å². The monoisotopic (exact) mass is 251 g/mol. The largest absolute Gasteiger partial charge is 0.506 e. The summed E-state index contributed by atoms with van der Waals surface area (Å²) in [6, 6.07) is 2.36. The number of aromatic hydroxyl groups is 1. The van der Waals surface area contributed by atoms with Crippen molar-refractivity contribution >= 4 is 11.7 Å². The van der Waals surface area contributed by atoms with Crippen molar-refractivity contribution in [2.24, 2.45) is 5.73 Å². The highest BCUT2D eigenvalue weighted by molar-refractivity contribution is 5.91. The molecule has 0 heterocycles. The number of nitrogens with one attached hydrogen (secondary N) is 2. The molecule has 0 bridgehead atoms. The smallest absolute Gasteiger partial charge is 0.316 e. The Morgan fingerprint density at radius 3 is 2.83 bits per heavy atom. The van der Waals surface area contributed by atoms with Gasteiger partial charge in [-0.1, -0.05) is 6.07 Å². The summed E-state index contributed by atoms with van der Waals surface area (Å²) in [4.78, 5) is 10.9. The third kappa shape index (κ3) is 2.12. The van der Waals surface area contributed by atoms with Crippen LogP contribution in [0.5, 0.6) is 5.75 Å². The van der Waals surface area contributed by atoms with Crippen LogP contribution in [0.2, 0.25) is 0 Å². The normalized spacial score (nSPS) is 22.3. The summed E-state index contributed by atoms with van der Waals surface area (Å²) in [5, 5.41) is 25.4. The lowest BCUT2D eigenvalue weighted by molar-refractivity contribution is 0.119. The second-order valence-electron chi connectivity index (χ2n) is 4.40. The van der Waals surface area contributed by atoms with Crippen LogP contribution >= 0.6 is 0 Å². The van der Waals surface area contributed by atoms with Gasteiger partial charge in [-0.3, -0.25) is 0 Å². The summed E-state index contributed by atoms with van der Waals surface area (Å²) in [5.74, 6) is -0.0392. The predicted molar refractivity (Wildman–Crippen MR) is 67.4 cm³/mol. The summed E-state index contributed by atoms with van der Waals surface area (Å²) in [7, 11) is 1.79.